The summed E-state index contributed by atoms with van der Waals surface area (Å²) in [5.74, 6) is -4.11. The van der Waals surface area contributed by atoms with Crippen LogP contribution in [0.3, 0.4) is 0 Å². The molecule has 2 aromatic heterocycles. The number of fused-ring (bicyclic) bond motifs is 1. The third-order valence-corrected chi connectivity index (χ3v) is 7.87. The first-order valence-electron chi connectivity index (χ1n) is 12.9. The average Bonchev–Trinajstić information content (AvgIpc) is 3.57. The summed E-state index contributed by atoms with van der Waals surface area (Å²) in [5, 5.41) is 13.5. The maximum absolute atomic E-state index is 15.1. The summed E-state index contributed by atoms with van der Waals surface area (Å²) in [5.41, 5.74) is 0.0312. The summed E-state index contributed by atoms with van der Waals surface area (Å²) in [6.07, 6.45) is 3.41. The number of piperidine rings is 1. The summed E-state index contributed by atoms with van der Waals surface area (Å²) in [6, 6.07) is 2.17. The van der Waals surface area contributed by atoms with E-state index in [0.717, 1.165) is 28.4 Å². The quantitative estimate of drug-likeness (QED) is 0.450. The Labute approximate surface area is 221 Å². The Balaban J connectivity index is 1.26. The van der Waals surface area contributed by atoms with Crippen LogP contribution in [0, 0.1) is 11.6 Å². The second-order valence-electron chi connectivity index (χ2n) is 11.4. The Morgan fingerprint density at radius 2 is 1.85 bits per heavy atom. The van der Waals surface area contributed by atoms with Crippen LogP contribution in [0.1, 0.15) is 57.4 Å². The molecular weight excluding hydrogens is 518 g/mol. The third kappa shape index (κ3) is 4.85. The van der Waals surface area contributed by atoms with E-state index in [4.69, 9.17) is 0 Å². The van der Waals surface area contributed by atoms with Crippen LogP contribution in [0.25, 0.3) is 5.69 Å². The van der Waals surface area contributed by atoms with Crippen LogP contribution in [0.2, 0.25) is 0 Å². The molecule has 1 aliphatic carbocycles. The maximum Gasteiger partial charge on any atom is 0.368 e. The predicted octanol–water partition coefficient (Wildman–Crippen LogP) is 3.72. The molecule has 0 amide bonds. The monoisotopic (exact) mass is 547 g/mol. The van der Waals surface area contributed by atoms with Crippen molar-refractivity contribution in [2.45, 2.75) is 75.4 Å². The molecule has 4 heterocycles. The van der Waals surface area contributed by atoms with Gasteiger partial charge < -0.3 is 10.6 Å². The first kappa shape index (κ1) is 25.7. The number of aryl methyl sites for hydroxylation is 1. The number of anilines is 3. The van der Waals surface area contributed by atoms with Gasteiger partial charge in [0.05, 0.1) is 24.1 Å². The van der Waals surface area contributed by atoms with Gasteiger partial charge in [-0.25, -0.2) is 27.3 Å². The number of hydrogen-bond acceptors (Lipinski definition) is 8. The van der Waals surface area contributed by atoms with Crippen LogP contribution < -0.4 is 16.3 Å². The Morgan fingerprint density at radius 3 is 2.54 bits per heavy atom. The molecule has 1 saturated carbocycles. The zero-order valence-electron chi connectivity index (χ0n) is 21.8. The van der Waals surface area contributed by atoms with Crippen LogP contribution in [0.5, 0.6) is 0 Å². The Kier molecular flexibility index (Phi) is 5.93. The van der Waals surface area contributed by atoms with Crippen molar-refractivity contribution >= 4 is 17.5 Å². The number of hydrogen-bond donors (Lipinski definition) is 2. The summed E-state index contributed by atoms with van der Waals surface area (Å²) in [6.45, 7) is 3.54. The van der Waals surface area contributed by atoms with E-state index in [1.165, 1.54) is 19.2 Å². The van der Waals surface area contributed by atoms with Crippen molar-refractivity contribution in [1.82, 2.24) is 34.7 Å². The molecule has 0 bridgehead atoms. The summed E-state index contributed by atoms with van der Waals surface area (Å²) in [7, 11) is 1.47. The zero-order chi connectivity index (χ0) is 27.7. The normalized spacial score (nSPS) is 24.0. The number of tetrazole rings is 1. The average molecular weight is 548 g/mol. The van der Waals surface area contributed by atoms with E-state index in [-0.39, 0.29) is 48.4 Å². The molecule has 14 heteroatoms. The number of halogens is 4. The van der Waals surface area contributed by atoms with Crippen LogP contribution in [0.4, 0.5) is 35.0 Å². The van der Waals surface area contributed by atoms with Crippen molar-refractivity contribution in [1.29, 1.82) is 0 Å². The van der Waals surface area contributed by atoms with Gasteiger partial charge in [0, 0.05) is 31.1 Å². The van der Waals surface area contributed by atoms with Crippen molar-refractivity contribution in [3.8, 4) is 5.69 Å². The SMILES string of the molecule is Cn1nnn(-c2cc(Nc3ncc(F)c(N[C@H]4C[C@@H]5CC(F)(F)CN5C(C)(C)C4)n3)c(F)cc2C2CC2)c1=O. The molecule has 2 N–H and O–H groups in total. The largest absolute Gasteiger partial charge is 0.368 e. The lowest BCUT2D eigenvalue weighted by molar-refractivity contribution is -0.00687. The van der Waals surface area contributed by atoms with Gasteiger partial charge in [-0.2, -0.15) is 14.3 Å². The minimum Gasteiger partial charge on any atom is -0.365 e. The third-order valence-electron chi connectivity index (χ3n) is 7.87. The molecule has 2 atom stereocenters. The second kappa shape index (κ2) is 9.00. The topological polar surface area (TPSA) is 106 Å². The highest BCUT2D eigenvalue weighted by atomic mass is 19.3. The Bertz CT molecular complexity index is 1480. The molecule has 2 aliphatic heterocycles. The highest BCUT2D eigenvalue weighted by molar-refractivity contribution is 5.62. The van der Waals surface area contributed by atoms with E-state index >= 15 is 4.39 Å². The zero-order valence-corrected chi connectivity index (χ0v) is 21.8. The maximum atomic E-state index is 15.1. The number of rotatable bonds is 6. The predicted molar refractivity (Wildman–Crippen MR) is 135 cm³/mol. The van der Waals surface area contributed by atoms with Gasteiger partial charge in [-0.05, 0) is 73.6 Å². The number of aromatic nitrogens is 6. The lowest BCUT2D eigenvalue weighted by atomic mass is 9.84. The van der Waals surface area contributed by atoms with Crippen molar-refractivity contribution in [3.63, 3.8) is 0 Å². The van der Waals surface area contributed by atoms with Crippen molar-refractivity contribution in [2.24, 2.45) is 7.05 Å². The highest BCUT2D eigenvalue weighted by Crippen LogP contribution is 2.45. The van der Waals surface area contributed by atoms with Gasteiger partial charge in [0.1, 0.15) is 5.82 Å². The second-order valence-corrected chi connectivity index (χ2v) is 11.4. The van der Waals surface area contributed by atoms with Crippen LogP contribution >= 0.6 is 0 Å². The number of benzene rings is 1. The van der Waals surface area contributed by atoms with Crippen LogP contribution in [-0.2, 0) is 7.05 Å². The van der Waals surface area contributed by atoms with E-state index in [1.54, 1.807) is 0 Å². The molecule has 6 rings (SSSR count). The van der Waals surface area contributed by atoms with E-state index in [1.807, 2.05) is 18.7 Å². The number of nitrogens with zero attached hydrogens (tertiary/aromatic N) is 7. The van der Waals surface area contributed by atoms with Gasteiger partial charge >= 0.3 is 5.69 Å². The van der Waals surface area contributed by atoms with Gasteiger partial charge in [-0.15, -0.1) is 0 Å². The molecule has 2 saturated heterocycles. The van der Waals surface area contributed by atoms with Gasteiger partial charge in [-0.1, -0.05) is 0 Å². The molecular formula is C25H29F4N9O. The highest BCUT2D eigenvalue weighted by Gasteiger charge is 2.53. The Morgan fingerprint density at radius 1 is 1.08 bits per heavy atom. The smallest absolute Gasteiger partial charge is 0.365 e. The fourth-order valence-electron chi connectivity index (χ4n) is 5.94. The van der Waals surface area contributed by atoms with Crippen molar-refractivity contribution in [3.05, 3.63) is 46.0 Å². The fraction of sp³-hybridized carbons (Fsp3) is 0.560. The molecule has 208 valence electrons. The van der Waals surface area contributed by atoms with E-state index in [9.17, 15) is 18.0 Å². The Hall–Kier alpha value is -3.55. The molecule has 3 aliphatic rings. The van der Waals surface area contributed by atoms with E-state index in [2.05, 4.69) is 31.0 Å². The van der Waals surface area contributed by atoms with Crippen molar-refractivity contribution < 1.29 is 17.6 Å². The molecule has 39 heavy (non-hydrogen) atoms. The van der Waals surface area contributed by atoms with Crippen LogP contribution in [-0.4, -0.2) is 64.7 Å². The van der Waals surface area contributed by atoms with Gasteiger partial charge in [0.15, 0.2) is 11.6 Å². The molecule has 3 aromatic rings. The summed E-state index contributed by atoms with van der Waals surface area (Å²) >= 11 is 0. The van der Waals surface area contributed by atoms with E-state index < -0.39 is 28.8 Å². The molecule has 0 spiro atoms. The number of alkyl halides is 2. The summed E-state index contributed by atoms with van der Waals surface area (Å²) < 4.78 is 60.3. The van der Waals surface area contributed by atoms with Gasteiger partial charge in [-0.3, -0.25) is 4.90 Å². The lowest BCUT2D eigenvalue weighted by Crippen LogP contribution is -2.55. The van der Waals surface area contributed by atoms with E-state index in [0.29, 0.717) is 24.1 Å². The van der Waals surface area contributed by atoms with Gasteiger partial charge in [0.2, 0.25) is 5.95 Å². The lowest BCUT2D eigenvalue weighted by Gasteiger charge is -2.47. The first-order chi connectivity index (χ1) is 18.4. The molecule has 10 nitrogen and oxygen atoms in total. The minimum absolute atomic E-state index is 0.0212. The molecule has 0 radical (unpaired) electrons. The first-order valence-corrected chi connectivity index (χ1v) is 12.9. The van der Waals surface area contributed by atoms with Gasteiger partial charge in [0.25, 0.3) is 5.92 Å². The summed E-state index contributed by atoms with van der Waals surface area (Å²) in [4.78, 5) is 22.5. The molecule has 0 unspecified atom stereocenters. The minimum atomic E-state index is -2.75. The standard InChI is InChI=1S/C25H29F4N9O/c1-24(2)9-14(6-15-10-25(28,29)12-37(15)24)31-21-18(27)11-30-22(33-21)32-19-8-20(38-23(39)36(3)34-35-38)16(7-17(19)26)13-4-5-13/h7-8,11,13-15H,4-6,9-10,12H2,1-3H3,(H2,30,31,32,33)/t14-,15+/m0/s1. The van der Waals surface area contributed by atoms with Crippen molar-refractivity contribution in [2.75, 3.05) is 17.2 Å². The number of nitrogens with one attached hydrogen (secondary N) is 2. The molecule has 3 fully saturated rings. The van der Waals surface area contributed by atoms with Crippen LogP contribution in [0.15, 0.2) is 23.1 Å². The molecule has 1 aromatic carbocycles. The fourth-order valence-corrected chi connectivity index (χ4v) is 5.94.